The van der Waals surface area contributed by atoms with Crippen LogP contribution in [-0.2, 0) is 11.2 Å². The number of carbonyl (C=O) groups is 1. The van der Waals surface area contributed by atoms with Crippen molar-refractivity contribution in [2.45, 2.75) is 38.6 Å². The highest BCUT2D eigenvalue weighted by Gasteiger charge is 2.16. The summed E-state index contributed by atoms with van der Waals surface area (Å²) in [6, 6.07) is 15.8. The second-order valence-corrected chi connectivity index (χ2v) is 8.25. The maximum Gasteiger partial charge on any atom is 0.237 e. The molecule has 3 aromatic rings. The topological polar surface area (TPSA) is 91.0 Å². The average Bonchev–Trinajstić information content (AvgIpc) is 2.89. The summed E-state index contributed by atoms with van der Waals surface area (Å²) in [6.45, 7) is 3.36. The molecule has 0 bridgehead atoms. The van der Waals surface area contributed by atoms with Crippen molar-refractivity contribution >= 4 is 23.4 Å². The lowest BCUT2D eigenvalue weighted by Gasteiger charge is -2.16. The van der Waals surface area contributed by atoms with Crippen LogP contribution >= 0.6 is 0 Å². The van der Waals surface area contributed by atoms with Gasteiger partial charge in [0, 0.05) is 25.2 Å². The molecule has 0 fully saturated rings. The first-order valence-corrected chi connectivity index (χ1v) is 12.2. The molecule has 0 aliphatic heterocycles. The second-order valence-electron chi connectivity index (χ2n) is 8.25. The van der Waals surface area contributed by atoms with Crippen LogP contribution in [0.25, 0.3) is 0 Å². The summed E-state index contributed by atoms with van der Waals surface area (Å²) in [5, 5.41) is 12.4. The lowest BCUT2D eigenvalue weighted by Crippen LogP contribution is -2.44. The SMILES string of the molecule is CCCNc1nc(Nc2cccc(F)c2)ncc1C#CCCCNC(=O)[C@H](Cc1ccccc1)NC. The summed E-state index contributed by atoms with van der Waals surface area (Å²) in [6.07, 6.45) is 4.59. The molecule has 0 unspecified atom stereocenters. The van der Waals surface area contributed by atoms with E-state index >= 15 is 0 Å². The number of hydrogen-bond acceptors (Lipinski definition) is 6. The minimum absolute atomic E-state index is 0.0184. The molecule has 0 spiro atoms. The summed E-state index contributed by atoms with van der Waals surface area (Å²) in [5.41, 5.74) is 2.38. The molecule has 7 nitrogen and oxygen atoms in total. The van der Waals surface area contributed by atoms with Crippen LogP contribution in [0.5, 0.6) is 0 Å². The van der Waals surface area contributed by atoms with Gasteiger partial charge in [0.2, 0.25) is 11.9 Å². The summed E-state index contributed by atoms with van der Waals surface area (Å²) >= 11 is 0. The van der Waals surface area contributed by atoms with Gasteiger partial charge in [-0.2, -0.15) is 4.98 Å². The number of unbranched alkanes of at least 4 members (excludes halogenated alkanes) is 1. The van der Waals surface area contributed by atoms with Gasteiger partial charge in [-0.3, -0.25) is 4.79 Å². The van der Waals surface area contributed by atoms with Crippen molar-refractivity contribution in [2.24, 2.45) is 0 Å². The quantitative estimate of drug-likeness (QED) is 0.225. The Morgan fingerprint density at radius 2 is 1.94 bits per heavy atom. The summed E-state index contributed by atoms with van der Waals surface area (Å²) in [4.78, 5) is 21.3. The molecule has 0 aliphatic rings. The molecule has 3 rings (SSSR count). The molecule has 0 saturated carbocycles. The highest BCUT2D eigenvalue weighted by molar-refractivity contribution is 5.82. The first-order chi connectivity index (χ1) is 17.6. The van der Waals surface area contributed by atoms with Gasteiger partial charge in [0.05, 0.1) is 17.8 Å². The number of likely N-dealkylation sites (N-methyl/N-ethyl adjacent to an activating group) is 1. The van der Waals surface area contributed by atoms with E-state index in [0.717, 1.165) is 24.9 Å². The van der Waals surface area contributed by atoms with Gasteiger partial charge < -0.3 is 21.3 Å². The van der Waals surface area contributed by atoms with E-state index in [1.807, 2.05) is 30.3 Å². The number of aromatic nitrogens is 2. The van der Waals surface area contributed by atoms with Crippen molar-refractivity contribution < 1.29 is 9.18 Å². The second kappa shape index (κ2) is 14.4. The number of halogens is 1. The van der Waals surface area contributed by atoms with Crippen LogP contribution in [0.1, 0.15) is 37.3 Å². The maximum atomic E-state index is 13.5. The van der Waals surface area contributed by atoms with E-state index in [1.165, 1.54) is 12.1 Å². The number of nitrogens with zero attached hydrogens (tertiary/aromatic N) is 2. The van der Waals surface area contributed by atoms with Crippen LogP contribution in [0.4, 0.5) is 21.8 Å². The molecule has 0 radical (unpaired) electrons. The van der Waals surface area contributed by atoms with Gasteiger partial charge in [-0.15, -0.1) is 0 Å². The molecule has 8 heteroatoms. The molecule has 0 aliphatic carbocycles. The minimum atomic E-state index is -0.333. The fourth-order valence-corrected chi connectivity index (χ4v) is 3.45. The fraction of sp³-hybridized carbons (Fsp3) is 0.321. The zero-order valence-corrected chi connectivity index (χ0v) is 20.8. The smallest absolute Gasteiger partial charge is 0.237 e. The van der Waals surface area contributed by atoms with E-state index in [4.69, 9.17) is 0 Å². The summed E-state index contributed by atoms with van der Waals surface area (Å²) in [5.74, 6) is 6.91. The molecule has 1 aromatic heterocycles. The summed E-state index contributed by atoms with van der Waals surface area (Å²) < 4.78 is 13.5. The normalized spacial score (nSPS) is 11.2. The number of benzene rings is 2. The lowest BCUT2D eigenvalue weighted by atomic mass is 10.1. The van der Waals surface area contributed by atoms with Gasteiger partial charge in [0.1, 0.15) is 11.6 Å². The van der Waals surface area contributed by atoms with Crippen LogP contribution in [0.15, 0.2) is 60.8 Å². The number of anilines is 3. The van der Waals surface area contributed by atoms with Crippen molar-refractivity contribution in [1.82, 2.24) is 20.6 Å². The predicted octanol–water partition coefficient (Wildman–Crippen LogP) is 4.26. The van der Waals surface area contributed by atoms with Gasteiger partial charge in [-0.1, -0.05) is 55.2 Å². The molecular weight excluding hydrogens is 455 g/mol. The Bertz CT molecular complexity index is 1180. The Labute approximate surface area is 212 Å². The Hall–Kier alpha value is -3.96. The van der Waals surface area contributed by atoms with Gasteiger partial charge in [-0.05, 0) is 50.1 Å². The molecule has 188 valence electrons. The molecule has 1 heterocycles. The third-order valence-corrected chi connectivity index (χ3v) is 5.36. The highest BCUT2D eigenvalue weighted by atomic mass is 19.1. The third-order valence-electron chi connectivity index (χ3n) is 5.36. The van der Waals surface area contributed by atoms with Gasteiger partial charge in [0.25, 0.3) is 0 Å². The zero-order chi connectivity index (χ0) is 25.6. The van der Waals surface area contributed by atoms with E-state index in [9.17, 15) is 9.18 Å². The van der Waals surface area contributed by atoms with Gasteiger partial charge >= 0.3 is 0 Å². The van der Waals surface area contributed by atoms with Crippen LogP contribution in [0.2, 0.25) is 0 Å². The number of hydrogen-bond donors (Lipinski definition) is 4. The van der Waals surface area contributed by atoms with Crippen molar-refractivity contribution in [3.05, 3.63) is 77.7 Å². The van der Waals surface area contributed by atoms with Crippen molar-refractivity contribution in [3.8, 4) is 11.8 Å². The van der Waals surface area contributed by atoms with Crippen LogP contribution in [-0.4, -0.2) is 42.1 Å². The average molecular weight is 489 g/mol. The monoisotopic (exact) mass is 488 g/mol. The molecule has 0 saturated heterocycles. The first-order valence-electron chi connectivity index (χ1n) is 12.2. The van der Waals surface area contributed by atoms with Crippen LogP contribution < -0.4 is 21.3 Å². The predicted molar refractivity (Wildman–Crippen MR) is 143 cm³/mol. The van der Waals surface area contributed by atoms with Crippen LogP contribution in [0.3, 0.4) is 0 Å². The van der Waals surface area contributed by atoms with Crippen molar-refractivity contribution in [2.75, 3.05) is 30.8 Å². The van der Waals surface area contributed by atoms with Gasteiger partial charge in [-0.25, -0.2) is 9.37 Å². The van der Waals surface area contributed by atoms with Crippen LogP contribution in [0, 0.1) is 17.7 Å². The minimum Gasteiger partial charge on any atom is -0.369 e. The Balaban J connectivity index is 1.51. The first kappa shape index (κ1) is 26.6. The van der Waals surface area contributed by atoms with E-state index in [1.54, 1.807) is 25.4 Å². The maximum absolute atomic E-state index is 13.5. The summed E-state index contributed by atoms with van der Waals surface area (Å²) in [7, 11) is 1.80. The molecule has 4 N–H and O–H groups in total. The van der Waals surface area contributed by atoms with E-state index < -0.39 is 0 Å². The van der Waals surface area contributed by atoms with Crippen molar-refractivity contribution in [1.29, 1.82) is 0 Å². The van der Waals surface area contributed by atoms with E-state index in [-0.39, 0.29) is 17.8 Å². The van der Waals surface area contributed by atoms with E-state index in [2.05, 4.69) is 50.0 Å². The van der Waals surface area contributed by atoms with Crippen molar-refractivity contribution in [3.63, 3.8) is 0 Å². The Morgan fingerprint density at radius 3 is 2.69 bits per heavy atom. The highest BCUT2D eigenvalue weighted by Crippen LogP contribution is 2.18. The molecule has 1 amide bonds. The van der Waals surface area contributed by atoms with Gasteiger partial charge in [0.15, 0.2) is 0 Å². The standard InChI is InChI=1S/C28H33FN6O/c1-3-16-31-26-22(20-33-28(35-26)34-24-15-10-14-23(29)19-24)13-8-5-9-17-32-27(36)25(30-2)18-21-11-6-4-7-12-21/h4,6-7,10-12,14-15,19-20,25,30H,3,5,9,16-18H2,1-2H3,(H,32,36)(H2,31,33,34,35)/t25-/m0/s1. The number of nitrogens with one attached hydrogen (secondary N) is 4. The number of rotatable bonds is 12. The third kappa shape index (κ3) is 8.67. The molecular formula is C28H33FN6O. The number of amides is 1. The Morgan fingerprint density at radius 1 is 1.11 bits per heavy atom. The fourth-order valence-electron chi connectivity index (χ4n) is 3.45. The molecule has 1 atom stereocenters. The Kier molecular flexibility index (Phi) is 10.7. The molecule has 36 heavy (non-hydrogen) atoms. The molecule has 2 aromatic carbocycles. The zero-order valence-electron chi connectivity index (χ0n) is 20.8. The largest absolute Gasteiger partial charge is 0.369 e. The number of carbonyl (C=O) groups excluding carboxylic acids is 1. The lowest BCUT2D eigenvalue weighted by molar-refractivity contribution is -0.123. The van der Waals surface area contributed by atoms with E-state index in [0.29, 0.717) is 42.4 Å².